The molecule has 1 aromatic heterocycles. The molecule has 5 heteroatoms. The Morgan fingerprint density at radius 1 is 1.17 bits per heavy atom. The van der Waals surface area contributed by atoms with E-state index in [9.17, 15) is 9.59 Å². The van der Waals surface area contributed by atoms with Crippen molar-refractivity contribution in [1.82, 2.24) is 15.2 Å². The van der Waals surface area contributed by atoms with E-state index in [0.717, 1.165) is 18.4 Å². The van der Waals surface area contributed by atoms with Crippen LogP contribution in [0.2, 0.25) is 0 Å². The van der Waals surface area contributed by atoms with Gasteiger partial charge in [-0.15, -0.1) is 0 Å². The highest BCUT2D eigenvalue weighted by Crippen LogP contribution is 2.07. The zero-order valence-electron chi connectivity index (χ0n) is 14.2. The summed E-state index contributed by atoms with van der Waals surface area (Å²) in [6.45, 7) is 3.21. The van der Waals surface area contributed by atoms with Gasteiger partial charge >= 0.3 is 0 Å². The number of rotatable bonds is 7. The number of nitrogens with zero attached hydrogens (tertiary/aromatic N) is 2. The summed E-state index contributed by atoms with van der Waals surface area (Å²) < 4.78 is 0. The van der Waals surface area contributed by atoms with Crippen LogP contribution in [0.25, 0.3) is 0 Å². The first-order valence-corrected chi connectivity index (χ1v) is 8.15. The van der Waals surface area contributed by atoms with Gasteiger partial charge in [0.05, 0.1) is 0 Å². The van der Waals surface area contributed by atoms with E-state index < -0.39 is 0 Å². The molecule has 0 saturated heterocycles. The molecule has 0 aliphatic heterocycles. The van der Waals surface area contributed by atoms with Crippen molar-refractivity contribution >= 4 is 11.8 Å². The van der Waals surface area contributed by atoms with E-state index in [2.05, 4.69) is 17.2 Å². The topological polar surface area (TPSA) is 62.3 Å². The van der Waals surface area contributed by atoms with Crippen LogP contribution in [0.5, 0.6) is 0 Å². The maximum atomic E-state index is 12.3. The molecule has 2 rings (SSSR count). The molecule has 5 nitrogen and oxygen atoms in total. The van der Waals surface area contributed by atoms with E-state index in [1.54, 1.807) is 24.1 Å². The Labute approximate surface area is 142 Å². The fraction of sp³-hybridized carbons (Fsp3) is 0.316. The van der Waals surface area contributed by atoms with Crippen LogP contribution in [0.4, 0.5) is 0 Å². The number of amides is 2. The molecule has 1 N–H and O–H groups in total. The van der Waals surface area contributed by atoms with Crippen LogP contribution in [0.15, 0.2) is 48.7 Å². The minimum Gasteiger partial charge on any atom is -0.348 e. The molecule has 0 fully saturated rings. The van der Waals surface area contributed by atoms with Crippen molar-refractivity contribution in [3.63, 3.8) is 0 Å². The lowest BCUT2D eigenvalue weighted by Gasteiger charge is -2.16. The molecule has 0 spiro atoms. The second-order valence-electron chi connectivity index (χ2n) is 5.68. The van der Waals surface area contributed by atoms with Gasteiger partial charge in [0.25, 0.3) is 11.8 Å². The van der Waals surface area contributed by atoms with Gasteiger partial charge in [-0.3, -0.25) is 14.6 Å². The van der Waals surface area contributed by atoms with Gasteiger partial charge in [0.2, 0.25) is 0 Å². The number of benzene rings is 1. The van der Waals surface area contributed by atoms with Crippen molar-refractivity contribution in [3.05, 3.63) is 65.5 Å². The Kier molecular flexibility index (Phi) is 6.49. The van der Waals surface area contributed by atoms with Crippen molar-refractivity contribution < 1.29 is 9.59 Å². The van der Waals surface area contributed by atoms with E-state index in [0.29, 0.717) is 24.3 Å². The summed E-state index contributed by atoms with van der Waals surface area (Å²) >= 11 is 0. The van der Waals surface area contributed by atoms with Crippen molar-refractivity contribution in [2.45, 2.75) is 26.3 Å². The molecule has 0 saturated carbocycles. The highest BCUT2D eigenvalue weighted by molar-refractivity contribution is 5.98. The second kappa shape index (κ2) is 8.82. The van der Waals surface area contributed by atoms with Gasteiger partial charge in [0, 0.05) is 31.9 Å². The van der Waals surface area contributed by atoms with E-state index in [4.69, 9.17) is 0 Å². The van der Waals surface area contributed by atoms with Gasteiger partial charge < -0.3 is 10.2 Å². The summed E-state index contributed by atoms with van der Waals surface area (Å²) in [7, 11) is 1.75. The molecular formula is C19H23N3O2. The molecular weight excluding hydrogens is 302 g/mol. The molecule has 126 valence electrons. The van der Waals surface area contributed by atoms with E-state index in [1.165, 1.54) is 6.20 Å². The maximum absolute atomic E-state index is 12.3. The second-order valence-corrected chi connectivity index (χ2v) is 5.68. The molecule has 1 heterocycles. The van der Waals surface area contributed by atoms with Crippen molar-refractivity contribution in [2.75, 3.05) is 13.6 Å². The molecule has 0 atom stereocenters. The number of pyridine rings is 1. The Morgan fingerprint density at radius 3 is 2.62 bits per heavy atom. The van der Waals surface area contributed by atoms with Gasteiger partial charge in [-0.1, -0.05) is 43.7 Å². The molecule has 0 aliphatic rings. The summed E-state index contributed by atoms with van der Waals surface area (Å²) in [4.78, 5) is 30.3. The van der Waals surface area contributed by atoms with Crippen molar-refractivity contribution in [3.8, 4) is 0 Å². The maximum Gasteiger partial charge on any atom is 0.272 e. The number of hydrogen-bond donors (Lipinski definition) is 1. The molecule has 0 aliphatic carbocycles. The summed E-state index contributed by atoms with van der Waals surface area (Å²) in [6, 6.07) is 12.8. The van der Waals surface area contributed by atoms with Gasteiger partial charge in [0.15, 0.2) is 0 Å². The highest BCUT2D eigenvalue weighted by atomic mass is 16.2. The summed E-state index contributed by atoms with van der Waals surface area (Å²) in [5, 5.41) is 2.85. The monoisotopic (exact) mass is 325 g/mol. The molecule has 2 amide bonds. The molecule has 2 aromatic rings. The minimum atomic E-state index is -0.216. The third-order valence-electron chi connectivity index (χ3n) is 3.73. The van der Waals surface area contributed by atoms with Crippen molar-refractivity contribution in [1.29, 1.82) is 0 Å². The summed E-state index contributed by atoms with van der Waals surface area (Å²) in [6.07, 6.45) is 3.46. The third-order valence-corrected chi connectivity index (χ3v) is 3.73. The van der Waals surface area contributed by atoms with Crippen LogP contribution >= 0.6 is 0 Å². The minimum absolute atomic E-state index is 0.166. The predicted molar refractivity (Wildman–Crippen MR) is 93.7 cm³/mol. The van der Waals surface area contributed by atoms with Gasteiger partial charge in [-0.05, 0) is 24.1 Å². The average molecular weight is 325 g/mol. The number of nitrogens with one attached hydrogen (secondary N) is 1. The molecule has 1 aromatic carbocycles. The van der Waals surface area contributed by atoms with Crippen LogP contribution in [-0.2, 0) is 6.54 Å². The Balaban J connectivity index is 2.01. The van der Waals surface area contributed by atoms with Crippen LogP contribution in [0.1, 0.15) is 46.2 Å². The average Bonchev–Trinajstić information content (AvgIpc) is 2.64. The lowest BCUT2D eigenvalue weighted by Crippen LogP contribution is -2.29. The standard InChI is InChI=1S/C19H23N3O2/c1-3-4-12-22(2)19(24)17-13-16(10-11-20-17)18(23)21-14-15-8-6-5-7-9-15/h5-11,13H,3-4,12,14H2,1-2H3,(H,21,23). The van der Waals surface area contributed by atoms with Crippen LogP contribution in [0, 0.1) is 0 Å². The van der Waals surface area contributed by atoms with Gasteiger partial charge in [-0.2, -0.15) is 0 Å². The van der Waals surface area contributed by atoms with Gasteiger partial charge in [0.1, 0.15) is 5.69 Å². The van der Waals surface area contributed by atoms with E-state index in [-0.39, 0.29) is 11.8 Å². The Morgan fingerprint density at radius 2 is 1.92 bits per heavy atom. The summed E-state index contributed by atoms with van der Waals surface area (Å²) in [5.74, 6) is -0.382. The fourth-order valence-corrected chi connectivity index (χ4v) is 2.26. The number of carbonyl (C=O) groups excluding carboxylic acids is 2. The highest BCUT2D eigenvalue weighted by Gasteiger charge is 2.15. The van der Waals surface area contributed by atoms with Gasteiger partial charge in [-0.25, -0.2) is 0 Å². The molecule has 0 radical (unpaired) electrons. The van der Waals surface area contributed by atoms with Crippen molar-refractivity contribution in [2.24, 2.45) is 0 Å². The number of hydrogen-bond acceptors (Lipinski definition) is 3. The van der Waals surface area contributed by atoms with Crippen LogP contribution in [0.3, 0.4) is 0 Å². The third kappa shape index (κ3) is 4.91. The quantitative estimate of drug-likeness (QED) is 0.851. The zero-order chi connectivity index (χ0) is 17.4. The lowest BCUT2D eigenvalue weighted by molar-refractivity contribution is 0.0787. The van der Waals surface area contributed by atoms with E-state index in [1.807, 2.05) is 30.3 Å². The molecule has 24 heavy (non-hydrogen) atoms. The predicted octanol–water partition coefficient (Wildman–Crippen LogP) is 2.88. The number of unbranched alkanes of at least 4 members (excludes halogenated alkanes) is 1. The van der Waals surface area contributed by atoms with E-state index >= 15 is 0 Å². The SMILES string of the molecule is CCCCN(C)C(=O)c1cc(C(=O)NCc2ccccc2)ccn1. The molecule has 0 unspecified atom stereocenters. The first-order chi connectivity index (χ1) is 11.6. The molecule has 0 bridgehead atoms. The normalized spacial score (nSPS) is 10.2. The largest absolute Gasteiger partial charge is 0.348 e. The first-order valence-electron chi connectivity index (χ1n) is 8.15. The lowest BCUT2D eigenvalue weighted by atomic mass is 10.2. The zero-order valence-corrected chi connectivity index (χ0v) is 14.2. The number of carbonyl (C=O) groups is 2. The summed E-state index contributed by atoms with van der Waals surface area (Å²) in [5.41, 5.74) is 1.75. The first kappa shape index (κ1) is 17.7. The number of aromatic nitrogens is 1. The smallest absolute Gasteiger partial charge is 0.272 e. The fourth-order valence-electron chi connectivity index (χ4n) is 2.26. The van der Waals surface area contributed by atoms with Crippen LogP contribution < -0.4 is 5.32 Å². The Hall–Kier alpha value is -2.69. The Bertz CT molecular complexity index is 686. The van der Waals surface area contributed by atoms with Crippen LogP contribution in [-0.4, -0.2) is 35.3 Å².